The van der Waals surface area contributed by atoms with E-state index in [1.807, 2.05) is 31.2 Å². The van der Waals surface area contributed by atoms with Gasteiger partial charge in [0.25, 0.3) is 0 Å². The second kappa shape index (κ2) is 8.00. The summed E-state index contributed by atoms with van der Waals surface area (Å²) in [6, 6.07) is 12.6. The van der Waals surface area contributed by atoms with Gasteiger partial charge in [-0.15, -0.1) is 0 Å². The monoisotopic (exact) mass is 406 g/mol. The smallest absolute Gasteiger partial charge is 0.243 e. The molecule has 1 fully saturated rings. The zero-order valence-corrected chi connectivity index (χ0v) is 17.1. The Bertz CT molecular complexity index is 934. The van der Waals surface area contributed by atoms with Gasteiger partial charge in [0.1, 0.15) is 0 Å². The van der Waals surface area contributed by atoms with Crippen LogP contribution in [-0.2, 0) is 21.2 Å². The number of aryl methyl sites for hydroxylation is 2. The van der Waals surface area contributed by atoms with Crippen LogP contribution < -0.4 is 0 Å². The van der Waals surface area contributed by atoms with Crippen LogP contribution in [0.25, 0.3) is 0 Å². The third-order valence-electron chi connectivity index (χ3n) is 4.82. The maximum absolute atomic E-state index is 13.0. The predicted octanol–water partition coefficient (Wildman–Crippen LogP) is 3.03. The number of rotatable bonds is 4. The fourth-order valence-electron chi connectivity index (χ4n) is 3.19. The van der Waals surface area contributed by atoms with Crippen LogP contribution in [0.1, 0.15) is 16.7 Å². The number of hydrogen-bond donors (Lipinski definition) is 0. The first-order chi connectivity index (χ1) is 12.8. The van der Waals surface area contributed by atoms with Gasteiger partial charge in [-0.05, 0) is 48.7 Å². The zero-order chi connectivity index (χ0) is 19.6. The number of piperazine rings is 1. The van der Waals surface area contributed by atoms with Crippen LogP contribution in [0.5, 0.6) is 0 Å². The molecule has 1 heterocycles. The molecular weight excluding hydrogens is 384 g/mol. The van der Waals surface area contributed by atoms with Gasteiger partial charge < -0.3 is 4.90 Å². The van der Waals surface area contributed by atoms with Crippen molar-refractivity contribution in [1.82, 2.24) is 9.21 Å². The van der Waals surface area contributed by atoms with Gasteiger partial charge in [0.05, 0.1) is 11.3 Å². The third kappa shape index (κ3) is 4.51. The molecule has 0 atom stereocenters. The lowest BCUT2D eigenvalue weighted by atomic mass is 10.1. The predicted molar refractivity (Wildman–Crippen MR) is 106 cm³/mol. The summed E-state index contributed by atoms with van der Waals surface area (Å²) in [7, 11) is -3.55. The van der Waals surface area contributed by atoms with Crippen LogP contribution in [0.2, 0.25) is 5.02 Å². The molecule has 0 bridgehead atoms. The van der Waals surface area contributed by atoms with Crippen molar-refractivity contribution in [3.63, 3.8) is 0 Å². The van der Waals surface area contributed by atoms with E-state index in [1.54, 1.807) is 30.0 Å². The molecule has 0 N–H and O–H groups in total. The number of benzene rings is 2. The summed E-state index contributed by atoms with van der Waals surface area (Å²) in [6.45, 7) is 5.10. The van der Waals surface area contributed by atoms with E-state index in [2.05, 4.69) is 0 Å². The molecule has 2 aromatic rings. The Kier molecular flexibility index (Phi) is 5.89. The maximum atomic E-state index is 13.0. The van der Waals surface area contributed by atoms with Gasteiger partial charge in [0, 0.05) is 31.2 Å². The summed E-state index contributed by atoms with van der Waals surface area (Å²) >= 11 is 5.87. The molecule has 0 unspecified atom stereocenters. The van der Waals surface area contributed by atoms with Gasteiger partial charge in [-0.2, -0.15) is 4.31 Å². The van der Waals surface area contributed by atoms with Crippen molar-refractivity contribution in [2.24, 2.45) is 0 Å². The molecule has 0 radical (unpaired) electrons. The van der Waals surface area contributed by atoms with E-state index in [9.17, 15) is 13.2 Å². The lowest BCUT2D eigenvalue weighted by molar-refractivity contribution is -0.131. The van der Waals surface area contributed by atoms with E-state index in [1.165, 1.54) is 4.31 Å². The first kappa shape index (κ1) is 19.9. The van der Waals surface area contributed by atoms with E-state index in [4.69, 9.17) is 11.6 Å². The Hall–Kier alpha value is -1.89. The van der Waals surface area contributed by atoms with Gasteiger partial charge in [-0.1, -0.05) is 35.9 Å². The van der Waals surface area contributed by atoms with Gasteiger partial charge in [0.2, 0.25) is 15.9 Å². The minimum Gasteiger partial charge on any atom is -0.340 e. The fourth-order valence-corrected chi connectivity index (χ4v) is 5.05. The minimum atomic E-state index is -3.55. The first-order valence-electron chi connectivity index (χ1n) is 8.87. The van der Waals surface area contributed by atoms with Gasteiger partial charge in [-0.3, -0.25) is 4.79 Å². The van der Waals surface area contributed by atoms with Gasteiger partial charge in [0.15, 0.2) is 0 Å². The highest BCUT2D eigenvalue weighted by Gasteiger charge is 2.31. The summed E-state index contributed by atoms with van der Waals surface area (Å²) < 4.78 is 27.4. The third-order valence-corrected chi connectivity index (χ3v) is 7.11. The van der Waals surface area contributed by atoms with Crippen molar-refractivity contribution < 1.29 is 13.2 Å². The normalized spacial score (nSPS) is 15.7. The summed E-state index contributed by atoms with van der Waals surface area (Å²) in [5.74, 6) is 0.00102. The molecule has 1 aliphatic rings. The molecular formula is C20H23ClN2O3S. The van der Waals surface area contributed by atoms with E-state index in [0.717, 1.165) is 16.7 Å². The quantitative estimate of drug-likeness (QED) is 0.784. The van der Waals surface area contributed by atoms with Gasteiger partial charge >= 0.3 is 0 Å². The van der Waals surface area contributed by atoms with Crippen molar-refractivity contribution in [1.29, 1.82) is 0 Å². The Morgan fingerprint density at radius 1 is 1.00 bits per heavy atom. The average molecular weight is 407 g/mol. The van der Waals surface area contributed by atoms with E-state index in [-0.39, 0.29) is 5.91 Å². The van der Waals surface area contributed by atoms with Crippen molar-refractivity contribution in [3.05, 3.63) is 64.2 Å². The summed E-state index contributed by atoms with van der Waals surface area (Å²) in [4.78, 5) is 14.6. The average Bonchev–Trinajstić information content (AvgIpc) is 2.65. The number of nitrogens with zero attached hydrogens (tertiary/aromatic N) is 2. The number of sulfonamides is 1. The molecule has 7 heteroatoms. The maximum Gasteiger partial charge on any atom is 0.243 e. The number of carbonyl (C=O) groups excluding carboxylic acids is 1. The highest BCUT2D eigenvalue weighted by atomic mass is 35.5. The molecule has 144 valence electrons. The van der Waals surface area contributed by atoms with Crippen LogP contribution in [0.15, 0.2) is 47.4 Å². The van der Waals surface area contributed by atoms with Gasteiger partial charge in [-0.25, -0.2) is 8.42 Å². The number of amides is 1. The standard InChI is InChI=1S/C20H23ClN2O3S/c1-15-3-4-16(2)19(13-15)27(25,26)23-11-9-22(10-12-23)20(24)14-17-5-7-18(21)8-6-17/h3-8,13H,9-12,14H2,1-2H3. The van der Waals surface area contributed by atoms with Crippen LogP contribution in [0.3, 0.4) is 0 Å². The molecule has 1 amide bonds. The van der Waals surface area contributed by atoms with Crippen LogP contribution >= 0.6 is 11.6 Å². The highest BCUT2D eigenvalue weighted by molar-refractivity contribution is 7.89. The van der Waals surface area contributed by atoms with Crippen LogP contribution in [0, 0.1) is 13.8 Å². The summed E-state index contributed by atoms with van der Waals surface area (Å²) in [5.41, 5.74) is 2.55. The molecule has 0 saturated carbocycles. The Morgan fingerprint density at radius 3 is 2.26 bits per heavy atom. The number of halogens is 1. The highest BCUT2D eigenvalue weighted by Crippen LogP contribution is 2.22. The molecule has 0 aromatic heterocycles. The second-order valence-electron chi connectivity index (χ2n) is 6.86. The van der Waals surface area contributed by atoms with Crippen molar-refractivity contribution in [2.75, 3.05) is 26.2 Å². The minimum absolute atomic E-state index is 0.00102. The second-order valence-corrected chi connectivity index (χ2v) is 9.20. The van der Waals surface area contributed by atoms with E-state index < -0.39 is 10.0 Å². The van der Waals surface area contributed by atoms with E-state index >= 15 is 0 Å². The molecule has 5 nitrogen and oxygen atoms in total. The lowest BCUT2D eigenvalue weighted by Crippen LogP contribution is -2.50. The van der Waals surface area contributed by atoms with Crippen LogP contribution in [-0.4, -0.2) is 49.7 Å². The summed E-state index contributed by atoms with van der Waals surface area (Å²) in [5, 5.41) is 0.636. The number of carbonyl (C=O) groups is 1. The van der Waals surface area contributed by atoms with Crippen molar-refractivity contribution in [2.45, 2.75) is 25.2 Å². The Balaban J connectivity index is 1.65. The van der Waals surface area contributed by atoms with Crippen molar-refractivity contribution in [3.8, 4) is 0 Å². The molecule has 1 saturated heterocycles. The molecule has 3 rings (SSSR count). The SMILES string of the molecule is Cc1ccc(C)c(S(=O)(=O)N2CCN(C(=O)Cc3ccc(Cl)cc3)CC2)c1. The van der Waals surface area contributed by atoms with E-state index in [0.29, 0.717) is 42.5 Å². The lowest BCUT2D eigenvalue weighted by Gasteiger charge is -2.34. The zero-order valence-electron chi connectivity index (χ0n) is 15.5. The largest absolute Gasteiger partial charge is 0.340 e. The first-order valence-corrected chi connectivity index (χ1v) is 10.7. The van der Waals surface area contributed by atoms with Crippen LogP contribution in [0.4, 0.5) is 0 Å². The van der Waals surface area contributed by atoms with Crippen molar-refractivity contribution >= 4 is 27.5 Å². The topological polar surface area (TPSA) is 57.7 Å². The summed E-state index contributed by atoms with van der Waals surface area (Å²) in [6.07, 6.45) is 0.293. The Morgan fingerprint density at radius 2 is 1.63 bits per heavy atom. The molecule has 2 aromatic carbocycles. The molecule has 0 aliphatic carbocycles. The molecule has 1 aliphatic heterocycles. The molecule has 27 heavy (non-hydrogen) atoms. The molecule has 0 spiro atoms. The number of hydrogen-bond acceptors (Lipinski definition) is 3. The Labute approximate surface area is 165 Å². The fraction of sp³-hybridized carbons (Fsp3) is 0.350.